The maximum Gasteiger partial charge on any atom is 0.410 e. The van der Waals surface area contributed by atoms with Gasteiger partial charge in [0.2, 0.25) is 0 Å². The largest absolute Gasteiger partial charge is 0.445 e. The van der Waals surface area contributed by atoms with Gasteiger partial charge in [0.15, 0.2) is 0 Å². The predicted molar refractivity (Wildman–Crippen MR) is 97.6 cm³/mol. The zero-order valence-electron chi connectivity index (χ0n) is 15.7. The SMILES string of the molecule is CC(C)(C)OC(=O)N1C[C@H]2C[C@@H](NC(=O)OCc3ccccc3)C[C@H]2C1. The standard InChI is InChI=1S/C20H28N2O4/c1-20(2,3)26-19(24)22-11-15-9-17(10-16(15)12-22)21-18(23)25-13-14-7-5-4-6-8-14/h4-8,15-17H,9-13H2,1-3H3,(H,21,23)/t15-,16+,17-. The first-order valence-corrected chi connectivity index (χ1v) is 9.25. The number of fused-ring (bicyclic) bond motifs is 1. The van der Waals surface area contributed by atoms with E-state index in [9.17, 15) is 9.59 Å². The summed E-state index contributed by atoms with van der Waals surface area (Å²) in [6.07, 6.45) is 1.15. The Balaban J connectivity index is 1.40. The minimum atomic E-state index is -0.471. The molecule has 1 aliphatic carbocycles. The van der Waals surface area contributed by atoms with Crippen molar-refractivity contribution >= 4 is 12.2 Å². The van der Waals surface area contributed by atoms with Crippen LogP contribution in [0.15, 0.2) is 30.3 Å². The van der Waals surface area contributed by atoms with Crippen molar-refractivity contribution < 1.29 is 19.1 Å². The lowest BCUT2D eigenvalue weighted by molar-refractivity contribution is 0.0278. The van der Waals surface area contributed by atoms with Gasteiger partial charge in [-0.3, -0.25) is 0 Å². The summed E-state index contributed by atoms with van der Waals surface area (Å²) < 4.78 is 10.7. The van der Waals surface area contributed by atoms with Crippen LogP contribution in [0.4, 0.5) is 9.59 Å². The van der Waals surface area contributed by atoms with Crippen molar-refractivity contribution in [1.82, 2.24) is 10.2 Å². The van der Waals surface area contributed by atoms with Crippen molar-refractivity contribution in [2.75, 3.05) is 13.1 Å². The van der Waals surface area contributed by atoms with Crippen LogP contribution >= 0.6 is 0 Å². The third kappa shape index (κ3) is 4.90. The van der Waals surface area contributed by atoms with E-state index in [1.54, 1.807) is 4.90 Å². The molecule has 3 atom stereocenters. The highest BCUT2D eigenvalue weighted by Gasteiger charge is 2.43. The van der Waals surface area contributed by atoms with Gasteiger partial charge in [-0.15, -0.1) is 0 Å². The van der Waals surface area contributed by atoms with Crippen molar-refractivity contribution in [3.05, 3.63) is 35.9 Å². The van der Waals surface area contributed by atoms with Crippen LogP contribution in [0.2, 0.25) is 0 Å². The molecule has 2 amide bonds. The summed E-state index contributed by atoms with van der Waals surface area (Å²) in [6, 6.07) is 9.75. The number of alkyl carbamates (subject to hydrolysis) is 1. The number of rotatable bonds is 3. The van der Waals surface area contributed by atoms with Gasteiger partial charge < -0.3 is 19.7 Å². The van der Waals surface area contributed by atoms with Crippen LogP contribution in [0.5, 0.6) is 0 Å². The number of hydrogen-bond donors (Lipinski definition) is 1. The number of carbonyl (C=O) groups excluding carboxylic acids is 2. The Morgan fingerprint density at radius 3 is 2.31 bits per heavy atom. The molecule has 2 fully saturated rings. The fourth-order valence-electron chi connectivity index (χ4n) is 3.82. The van der Waals surface area contributed by atoms with Gasteiger partial charge in [0.05, 0.1) is 0 Å². The molecule has 0 radical (unpaired) electrons. The zero-order valence-corrected chi connectivity index (χ0v) is 15.7. The number of likely N-dealkylation sites (tertiary alicyclic amines) is 1. The molecule has 0 bridgehead atoms. The minimum Gasteiger partial charge on any atom is -0.445 e. The zero-order chi connectivity index (χ0) is 18.7. The smallest absolute Gasteiger partial charge is 0.410 e. The van der Waals surface area contributed by atoms with Crippen LogP contribution in [-0.2, 0) is 16.1 Å². The van der Waals surface area contributed by atoms with E-state index in [0.717, 1.165) is 18.4 Å². The molecule has 6 heteroatoms. The topological polar surface area (TPSA) is 67.9 Å². The number of amides is 2. The Kier molecular flexibility index (Phi) is 5.39. The second-order valence-corrected chi connectivity index (χ2v) is 8.28. The molecule has 0 aromatic heterocycles. The minimum absolute atomic E-state index is 0.119. The summed E-state index contributed by atoms with van der Waals surface area (Å²) in [6.45, 7) is 7.32. The maximum atomic E-state index is 12.2. The molecule has 1 aromatic rings. The lowest BCUT2D eigenvalue weighted by atomic mass is 10.0. The average molecular weight is 360 g/mol. The highest BCUT2D eigenvalue weighted by Crippen LogP contribution is 2.38. The molecule has 6 nitrogen and oxygen atoms in total. The van der Waals surface area contributed by atoms with E-state index in [0.29, 0.717) is 24.9 Å². The first kappa shape index (κ1) is 18.5. The first-order chi connectivity index (χ1) is 12.3. The fourth-order valence-corrected chi connectivity index (χ4v) is 3.82. The molecule has 26 heavy (non-hydrogen) atoms. The average Bonchev–Trinajstić information content (AvgIpc) is 3.11. The monoisotopic (exact) mass is 360 g/mol. The third-order valence-electron chi connectivity index (χ3n) is 4.94. The summed E-state index contributed by atoms with van der Waals surface area (Å²) in [4.78, 5) is 26.0. The predicted octanol–water partition coefficient (Wildman–Crippen LogP) is 3.56. The van der Waals surface area contributed by atoms with Crippen LogP contribution in [0.1, 0.15) is 39.2 Å². The van der Waals surface area contributed by atoms with Crippen molar-refractivity contribution in [2.45, 2.75) is 51.9 Å². The van der Waals surface area contributed by atoms with Crippen molar-refractivity contribution in [1.29, 1.82) is 0 Å². The molecule has 142 valence electrons. The molecule has 1 heterocycles. The number of nitrogens with zero attached hydrogens (tertiary/aromatic N) is 1. The maximum absolute atomic E-state index is 12.2. The Morgan fingerprint density at radius 2 is 1.73 bits per heavy atom. The number of nitrogens with one attached hydrogen (secondary N) is 1. The molecule has 3 rings (SSSR count). The summed E-state index contributed by atoms with van der Waals surface area (Å²) in [5.74, 6) is 0.837. The van der Waals surface area contributed by atoms with Crippen LogP contribution in [0, 0.1) is 11.8 Å². The van der Waals surface area contributed by atoms with Gasteiger partial charge in [-0.1, -0.05) is 30.3 Å². The summed E-state index contributed by atoms with van der Waals surface area (Å²) >= 11 is 0. The first-order valence-electron chi connectivity index (χ1n) is 9.25. The summed E-state index contributed by atoms with van der Waals surface area (Å²) in [5, 5.41) is 2.96. The molecule has 2 aliphatic rings. The Labute approximate surface area is 154 Å². The van der Waals surface area contributed by atoms with Crippen molar-refractivity contribution in [3.8, 4) is 0 Å². The quantitative estimate of drug-likeness (QED) is 0.895. The molecule has 1 saturated heterocycles. The van der Waals surface area contributed by atoms with Crippen LogP contribution < -0.4 is 5.32 Å². The van der Waals surface area contributed by atoms with E-state index in [1.165, 1.54) is 0 Å². The van der Waals surface area contributed by atoms with Crippen LogP contribution in [0.25, 0.3) is 0 Å². The number of hydrogen-bond acceptors (Lipinski definition) is 4. The second-order valence-electron chi connectivity index (χ2n) is 8.28. The summed E-state index contributed by atoms with van der Waals surface area (Å²) in [7, 11) is 0. The van der Waals surface area contributed by atoms with E-state index in [-0.39, 0.29) is 24.8 Å². The van der Waals surface area contributed by atoms with E-state index >= 15 is 0 Å². The Hall–Kier alpha value is -2.24. The fraction of sp³-hybridized carbons (Fsp3) is 0.600. The highest BCUT2D eigenvalue weighted by atomic mass is 16.6. The number of benzene rings is 1. The number of carbonyl (C=O) groups is 2. The molecule has 1 saturated carbocycles. The van der Waals surface area contributed by atoms with E-state index < -0.39 is 5.60 Å². The van der Waals surface area contributed by atoms with E-state index in [1.807, 2.05) is 51.1 Å². The third-order valence-corrected chi connectivity index (χ3v) is 4.94. The van der Waals surface area contributed by atoms with Crippen LogP contribution in [0.3, 0.4) is 0 Å². The lowest BCUT2D eigenvalue weighted by Crippen LogP contribution is -2.38. The van der Waals surface area contributed by atoms with Gasteiger partial charge in [0.25, 0.3) is 0 Å². The van der Waals surface area contributed by atoms with Gasteiger partial charge in [-0.25, -0.2) is 9.59 Å². The van der Waals surface area contributed by atoms with Gasteiger partial charge in [0.1, 0.15) is 12.2 Å². The van der Waals surface area contributed by atoms with Gasteiger partial charge in [-0.05, 0) is 51.0 Å². The van der Waals surface area contributed by atoms with Crippen molar-refractivity contribution in [2.24, 2.45) is 11.8 Å². The normalized spacial score (nSPS) is 24.9. The van der Waals surface area contributed by atoms with Crippen molar-refractivity contribution in [3.63, 3.8) is 0 Å². The second kappa shape index (κ2) is 7.56. The van der Waals surface area contributed by atoms with Gasteiger partial charge in [0, 0.05) is 19.1 Å². The molecule has 0 spiro atoms. The van der Waals surface area contributed by atoms with E-state index in [4.69, 9.17) is 9.47 Å². The Morgan fingerprint density at radius 1 is 1.12 bits per heavy atom. The molecule has 1 aromatic carbocycles. The van der Waals surface area contributed by atoms with Gasteiger partial charge in [-0.2, -0.15) is 0 Å². The molecule has 1 N–H and O–H groups in total. The lowest BCUT2D eigenvalue weighted by Gasteiger charge is -2.25. The number of ether oxygens (including phenoxy) is 2. The van der Waals surface area contributed by atoms with E-state index in [2.05, 4.69) is 5.32 Å². The van der Waals surface area contributed by atoms with Crippen LogP contribution in [-0.4, -0.2) is 41.8 Å². The summed E-state index contributed by atoms with van der Waals surface area (Å²) in [5.41, 5.74) is 0.500. The highest BCUT2D eigenvalue weighted by molar-refractivity contribution is 5.69. The molecule has 0 unspecified atom stereocenters. The van der Waals surface area contributed by atoms with Gasteiger partial charge >= 0.3 is 12.2 Å². The Bertz CT molecular complexity index is 627. The molecular formula is C20H28N2O4. The molecule has 1 aliphatic heterocycles. The molecular weight excluding hydrogens is 332 g/mol.